The van der Waals surface area contributed by atoms with E-state index in [0.29, 0.717) is 30.2 Å². The van der Waals surface area contributed by atoms with Crippen LogP contribution in [0, 0.1) is 11.8 Å². The maximum Gasteiger partial charge on any atom is 0.223 e. The third kappa shape index (κ3) is 2.44. The molecule has 1 aromatic rings. The third-order valence-corrected chi connectivity index (χ3v) is 4.37. The lowest BCUT2D eigenvalue weighted by Crippen LogP contribution is -2.51. The first kappa shape index (κ1) is 12.5. The van der Waals surface area contributed by atoms with Crippen LogP contribution in [-0.4, -0.2) is 17.4 Å². The van der Waals surface area contributed by atoms with E-state index < -0.39 is 0 Å². The van der Waals surface area contributed by atoms with Crippen LogP contribution in [0.2, 0.25) is 0 Å². The van der Waals surface area contributed by atoms with Crippen LogP contribution in [0.25, 0.3) is 0 Å². The van der Waals surface area contributed by atoms with Crippen LogP contribution in [0.1, 0.15) is 37.8 Å². The number of nitrogens with zero attached hydrogens (tertiary/aromatic N) is 1. The van der Waals surface area contributed by atoms with Crippen molar-refractivity contribution in [2.24, 2.45) is 11.8 Å². The molecule has 2 aliphatic rings. The molecule has 1 aliphatic heterocycles. The average molecular weight is 255 g/mol. The summed E-state index contributed by atoms with van der Waals surface area (Å²) in [6, 6.07) is 10.7. The monoisotopic (exact) mass is 255 g/mol. The van der Waals surface area contributed by atoms with Gasteiger partial charge in [0.25, 0.3) is 0 Å². The number of hydrogen-bond donors (Lipinski definition) is 0. The molecule has 3 unspecified atom stereocenters. The second-order valence-corrected chi connectivity index (χ2v) is 5.85. The Morgan fingerprint density at radius 2 is 2.11 bits per heavy atom. The zero-order valence-corrected chi connectivity index (χ0v) is 11.5. The Balaban J connectivity index is 1.67. The molecule has 0 aromatic heterocycles. The average Bonchev–Trinajstić information content (AvgIpc) is 2.89. The molecule has 0 saturated carbocycles. The van der Waals surface area contributed by atoms with Crippen LogP contribution in [0.5, 0.6) is 0 Å². The summed E-state index contributed by atoms with van der Waals surface area (Å²) in [5, 5.41) is 0. The molecule has 1 saturated heterocycles. The van der Waals surface area contributed by atoms with Gasteiger partial charge in [0, 0.05) is 13.0 Å². The van der Waals surface area contributed by atoms with E-state index in [0.717, 1.165) is 19.4 Å². The molecule has 19 heavy (non-hydrogen) atoms. The first-order valence-corrected chi connectivity index (χ1v) is 7.27. The fourth-order valence-corrected chi connectivity index (χ4v) is 3.32. The summed E-state index contributed by atoms with van der Waals surface area (Å²) < 4.78 is 0. The summed E-state index contributed by atoms with van der Waals surface area (Å²) in [4.78, 5) is 14.5. The Morgan fingerprint density at radius 1 is 1.32 bits per heavy atom. The minimum absolute atomic E-state index is 0.291. The van der Waals surface area contributed by atoms with Crippen molar-refractivity contribution in [3.8, 4) is 0 Å². The van der Waals surface area contributed by atoms with Crippen molar-refractivity contribution in [1.29, 1.82) is 0 Å². The van der Waals surface area contributed by atoms with Gasteiger partial charge in [-0.3, -0.25) is 4.79 Å². The number of hydrogen-bond acceptors (Lipinski definition) is 1. The van der Waals surface area contributed by atoms with Gasteiger partial charge in [0.05, 0.1) is 6.04 Å². The van der Waals surface area contributed by atoms with Gasteiger partial charge in [-0.2, -0.15) is 0 Å². The summed E-state index contributed by atoms with van der Waals surface area (Å²) in [6.07, 6.45) is 7.37. The van der Waals surface area contributed by atoms with Crippen molar-refractivity contribution in [1.82, 2.24) is 4.90 Å². The first-order chi connectivity index (χ1) is 9.25. The van der Waals surface area contributed by atoms with Gasteiger partial charge < -0.3 is 4.90 Å². The number of benzene rings is 1. The minimum atomic E-state index is 0.291. The van der Waals surface area contributed by atoms with Crippen molar-refractivity contribution in [3.05, 3.63) is 48.0 Å². The van der Waals surface area contributed by atoms with Crippen molar-refractivity contribution < 1.29 is 4.79 Å². The van der Waals surface area contributed by atoms with Crippen molar-refractivity contribution in [3.63, 3.8) is 0 Å². The molecule has 1 fully saturated rings. The minimum Gasteiger partial charge on any atom is -0.335 e. The highest BCUT2D eigenvalue weighted by molar-refractivity contribution is 5.78. The molecule has 0 N–H and O–H groups in total. The zero-order chi connectivity index (χ0) is 13.2. The van der Waals surface area contributed by atoms with E-state index in [2.05, 4.69) is 48.2 Å². The standard InChI is InChI=1S/C17H21NO/c1-13-12-18(16(19)11-14-7-5-6-8-14)17(13)15-9-3-2-4-10-15/h2-5,7,9-10,13-14,17H,6,8,11-12H2,1H3. The summed E-state index contributed by atoms with van der Waals surface area (Å²) in [5.74, 6) is 1.37. The van der Waals surface area contributed by atoms with E-state index in [4.69, 9.17) is 0 Å². The molecule has 0 spiro atoms. The predicted molar refractivity (Wildman–Crippen MR) is 76.5 cm³/mol. The molecule has 0 bridgehead atoms. The van der Waals surface area contributed by atoms with Gasteiger partial charge in [-0.1, -0.05) is 49.4 Å². The Morgan fingerprint density at radius 3 is 2.74 bits per heavy atom. The Labute approximate surface area is 115 Å². The second-order valence-electron chi connectivity index (χ2n) is 5.85. The first-order valence-electron chi connectivity index (χ1n) is 7.27. The molecule has 1 heterocycles. The van der Waals surface area contributed by atoms with Gasteiger partial charge in [0.2, 0.25) is 5.91 Å². The van der Waals surface area contributed by atoms with E-state index in [9.17, 15) is 4.79 Å². The maximum absolute atomic E-state index is 12.4. The summed E-state index contributed by atoms with van der Waals surface area (Å²) in [5.41, 5.74) is 1.27. The normalized spacial score (nSPS) is 29.3. The molecule has 2 nitrogen and oxygen atoms in total. The Bertz CT molecular complexity index is 479. The lowest BCUT2D eigenvalue weighted by atomic mass is 9.84. The Hall–Kier alpha value is -1.57. The fourth-order valence-electron chi connectivity index (χ4n) is 3.32. The van der Waals surface area contributed by atoms with Crippen LogP contribution in [-0.2, 0) is 4.79 Å². The van der Waals surface area contributed by atoms with E-state index in [1.54, 1.807) is 0 Å². The van der Waals surface area contributed by atoms with Crippen molar-refractivity contribution in [2.75, 3.05) is 6.54 Å². The molecular weight excluding hydrogens is 234 g/mol. The number of amides is 1. The summed E-state index contributed by atoms with van der Waals surface area (Å²) in [7, 11) is 0. The highest BCUT2D eigenvalue weighted by Crippen LogP contribution is 2.39. The molecule has 1 aromatic carbocycles. The molecule has 2 heteroatoms. The SMILES string of the molecule is CC1CN(C(=O)CC2C=CCC2)C1c1ccccc1. The lowest BCUT2D eigenvalue weighted by molar-refractivity contribution is -0.144. The van der Waals surface area contributed by atoms with Crippen LogP contribution in [0.4, 0.5) is 0 Å². The zero-order valence-electron chi connectivity index (χ0n) is 11.5. The van der Waals surface area contributed by atoms with E-state index in [1.807, 2.05) is 6.07 Å². The van der Waals surface area contributed by atoms with Crippen molar-refractivity contribution in [2.45, 2.75) is 32.2 Å². The van der Waals surface area contributed by atoms with Gasteiger partial charge >= 0.3 is 0 Å². The summed E-state index contributed by atoms with van der Waals surface area (Å²) in [6.45, 7) is 3.14. The number of carbonyl (C=O) groups is 1. The molecule has 1 amide bonds. The van der Waals surface area contributed by atoms with E-state index >= 15 is 0 Å². The van der Waals surface area contributed by atoms with Gasteiger partial charge in [0.1, 0.15) is 0 Å². The number of allylic oxidation sites excluding steroid dienone is 2. The molecule has 0 radical (unpaired) electrons. The molecule has 100 valence electrons. The predicted octanol–water partition coefficient (Wildman–Crippen LogP) is 3.56. The molecule has 1 aliphatic carbocycles. The topological polar surface area (TPSA) is 20.3 Å². The van der Waals surface area contributed by atoms with Gasteiger partial charge in [0.15, 0.2) is 0 Å². The van der Waals surface area contributed by atoms with Crippen LogP contribution in [0.3, 0.4) is 0 Å². The van der Waals surface area contributed by atoms with Gasteiger partial charge in [-0.25, -0.2) is 0 Å². The highest BCUT2D eigenvalue weighted by atomic mass is 16.2. The fraction of sp³-hybridized carbons (Fsp3) is 0.471. The third-order valence-electron chi connectivity index (χ3n) is 4.37. The smallest absolute Gasteiger partial charge is 0.223 e. The van der Waals surface area contributed by atoms with Crippen molar-refractivity contribution >= 4 is 5.91 Å². The summed E-state index contributed by atoms with van der Waals surface area (Å²) >= 11 is 0. The Kier molecular flexibility index (Phi) is 3.41. The van der Waals surface area contributed by atoms with E-state index in [-0.39, 0.29) is 0 Å². The highest BCUT2D eigenvalue weighted by Gasteiger charge is 2.39. The van der Waals surface area contributed by atoms with Gasteiger partial charge in [-0.15, -0.1) is 0 Å². The second kappa shape index (κ2) is 5.20. The van der Waals surface area contributed by atoms with Crippen LogP contribution < -0.4 is 0 Å². The van der Waals surface area contributed by atoms with Crippen LogP contribution in [0.15, 0.2) is 42.5 Å². The quantitative estimate of drug-likeness (QED) is 0.756. The number of carbonyl (C=O) groups excluding carboxylic acids is 1. The van der Waals surface area contributed by atoms with E-state index in [1.165, 1.54) is 5.56 Å². The lowest BCUT2D eigenvalue weighted by Gasteiger charge is -2.47. The molecule has 3 atom stereocenters. The maximum atomic E-state index is 12.4. The molecule has 3 rings (SSSR count). The number of rotatable bonds is 3. The number of likely N-dealkylation sites (tertiary alicyclic amines) is 1. The largest absolute Gasteiger partial charge is 0.335 e. The van der Waals surface area contributed by atoms with Gasteiger partial charge in [-0.05, 0) is 30.2 Å². The van der Waals surface area contributed by atoms with Crippen LogP contribution >= 0.6 is 0 Å². The molecular formula is C17H21NO.